The number of aromatic nitrogens is 1. The van der Waals surface area contributed by atoms with Gasteiger partial charge in [-0.25, -0.2) is 4.79 Å². The van der Waals surface area contributed by atoms with Crippen LogP contribution in [0.25, 0.3) is 16.5 Å². The lowest BCUT2D eigenvalue weighted by Crippen LogP contribution is -2.22. The van der Waals surface area contributed by atoms with Crippen LogP contribution in [0.15, 0.2) is 71.7 Å². The molecule has 4 rings (SSSR count). The summed E-state index contributed by atoms with van der Waals surface area (Å²) in [5.74, 6) is 0.618. The molecule has 0 N–H and O–H groups in total. The Bertz CT molecular complexity index is 1390. The van der Waals surface area contributed by atoms with Gasteiger partial charge in [0.15, 0.2) is 11.5 Å². The maximum absolute atomic E-state index is 13.2. The number of carbonyl (C=O) groups excluding carboxylic acids is 1. The van der Waals surface area contributed by atoms with E-state index in [1.165, 1.54) is 25.0 Å². The molecule has 0 aliphatic carbocycles. The number of hydrogen-bond donors (Lipinski definition) is 0. The van der Waals surface area contributed by atoms with Crippen LogP contribution in [0.2, 0.25) is 5.02 Å². The van der Waals surface area contributed by atoms with E-state index >= 15 is 0 Å². The van der Waals surface area contributed by atoms with Gasteiger partial charge in [-0.05, 0) is 42.8 Å². The Hall–Kier alpha value is -3.77. The monoisotopic (exact) mass is 449 g/mol. The molecule has 1 aromatic heterocycles. The molecule has 162 valence electrons. The van der Waals surface area contributed by atoms with Crippen molar-refractivity contribution in [1.29, 1.82) is 0 Å². The summed E-state index contributed by atoms with van der Waals surface area (Å²) in [6, 6.07) is 17.1. The predicted octanol–water partition coefficient (Wildman–Crippen LogP) is 5.19. The average molecular weight is 450 g/mol. The molecule has 0 aliphatic heterocycles. The molecule has 0 unspecified atom stereocenters. The Balaban J connectivity index is 1.88. The molecule has 0 fully saturated rings. The highest BCUT2D eigenvalue weighted by molar-refractivity contribution is 6.32. The molecular weight excluding hydrogens is 430 g/mol. The minimum absolute atomic E-state index is 0.229. The standard InChI is InChI=1S/C25H20ClNO5/c1-15-8-10-20(26)22(12-15)32-25(29)19-14-27(24(28)18-7-5-4-6-17(18)19)16-9-11-21(30-2)23(13-16)31-3/h4-14H,1-3H3. The van der Waals surface area contributed by atoms with Crippen LogP contribution in [-0.2, 0) is 0 Å². The van der Waals surface area contributed by atoms with Gasteiger partial charge in [-0.15, -0.1) is 0 Å². The Kier molecular flexibility index (Phi) is 5.88. The van der Waals surface area contributed by atoms with Crippen LogP contribution in [-0.4, -0.2) is 24.8 Å². The van der Waals surface area contributed by atoms with E-state index in [9.17, 15) is 9.59 Å². The van der Waals surface area contributed by atoms with Crippen molar-refractivity contribution >= 4 is 28.3 Å². The van der Waals surface area contributed by atoms with Crippen LogP contribution in [0.4, 0.5) is 0 Å². The van der Waals surface area contributed by atoms with E-state index < -0.39 is 5.97 Å². The number of pyridine rings is 1. The highest BCUT2D eigenvalue weighted by atomic mass is 35.5. The molecule has 0 saturated carbocycles. The second kappa shape index (κ2) is 8.77. The Labute approximate surface area is 189 Å². The van der Waals surface area contributed by atoms with E-state index in [0.29, 0.717) is 33.0 Å². The summed E-state index contributed by atoms with van der Waals surface area (Å²) >= 11 is 6.20. The molecule has 0 saturated heterocycles. The Morgan fingerprint density at radius 1 is 0.875 bits per heavy atom. The Morgan fingerprint density at radius 2 is 1.59 bits per heavy atom. The molecule has 1 heterocycles. The summed E-state index contributed by atoms with van der Waals surface area (Å²) < 4.78 is 17.6. The van der Waals surface area contributed by atoms with Gasteiger partial charge < -0.3 is 14.2 Å². The molecule has 0 atom stereocenters. The first-order chi connectivity index (χ1) is 15.4. The fourth-order valence-electron chi connectivity index (χ4n) is 3.46. The fraction of sp³-hybridized carbons (Fsp3) is 0.120. The van der Waals surface area contributed by atoms with Crippen LogP contribution in [0.5, 0.6) is 17.2 Å². The van der Waals surface area contributed by atoms with Crippen molar-refractivity contribution in [2.75, 3.05) is 14.2 Å². The minimum Gasteiger partial charge on any atom is -0.493 e. The molecule has 6 nitrogen and oxygen atoms in total. The molecule has 32 heavy (non-hydrogen) atoms. The number of benzene rings is 3. The van der Waals surface area contributed by atoms with Crippen LogP contribution in [0.1, 0.15) is 15.9 Å². The highest BCUT2D eigenvalue weighted by Crippen LogP contribution is 2.30. The van der Waals surface area contributed by atoms with Gasteiger partial charge in [0, 0.05) is 23.0 Å². The van der Waals surface area contributed by atoms with E-state index in [2.05, 4.69) is 0 Å². The van der Waals surface area contributed by atoms with Crippen LogP contribution in [0, 0.1) is 6.92 Å². The average Bonchev–Trinajstić information content (AvgIpc) is 2.81. The summed E-state index contributed by atoms with van der Waals surface area (Å²) in [6.45, 7) is 1.88. The van der Waals surface area contributed by atoms with Gasteiger partial charge in [-0.1, -0.05) is 35.9 Å². The molecule has 0 amide bonds. The van der Waals surface area contributed by atoms with Gasteiger partial charge in [-0.3, -0.25) is 9.36 Å². The molecule has 0 radical (unpaired) electrons. The molecule has 0 aliphatic rings. The first kappa shape index (κ1) is 21.5. The van der Waals surface area contributed by atoms with Gasteiger partial charge in [0.25, 0.3) is 5.56 Å². The summed E-state index contributed by atoms with van der Waals surface area (Å²) in [5.41, 5.74) is 1.36. The number of fused-ring (bicyclic) bond motifs is 1. The number of nitrogens with zero attached hydrogens (tertiary/aromatic N) is 1. The largest absolute Gasteiger partial charge is 0.493 e. The highest BCUT2D eigenvalue weighted by Gasteiger charge is 2.19. The number of rotatable bonds is 5. The maximum atomic E-state index is 13.2. The van der Waals surface area contributed by atoms with Crippen LogP contribution < -0.4 is 19.8 Å². The van der Waals surface area contributed by atoms with Crippen LogP contribution in [0.3, 0.4) is 0 Å². The SMILES string of the molecule is COc1ccc(-n2cc(C(=O)Oc3cc(C)ccc3Cl)c3ccccc3c2=O)cc1OC. The summed E-state index contributed by atoms with van der Waals surface area (Å²) in [7, 11) is 3.05. The zero-order valence-corrected chi connectivity index (χ0v) is 18.5. The van der Waals surface area contributed by atoms with Gasteiger partial charge in [0.1, 0.15) is 5.75 Å². The first-order valence-electron chi connectivity index (χ1n) is 9.78. The molecule has 0 spiro atoms. The Morgan fingerprint density at radius 3 is 2.31 bits per heavy atom. The smallest absolute Gasteiger partial charge is 0.345 e. The topological polar surface area (TPSA) is 66.8 Å². The van der Waals surface area contributed by atoms with Crippen molar-refractivity contribution in [3.8, 4) is 22.9 Å². The summed E-state index contributed by atoms with van der Waals surface area (Å²) in [6.07, 6.45) is 1.47. The third-order valence-electron chi connectivity index (χ3n) is 5.08. The van der Waals surface area contributed by atoms with Crippen molar-refractivity contribution in [2.45, 2.75) is 6.92 Å². The minimum atomic E-state index is -0.622. The number of esters is 1. The molecule has 4 aromatic rings. The first-order valence-corrected chi connectivity index (χ1v) is 10.2. The van der Waals surface area contributed by atoms with Crippen molar-refractivity contribution in [1.82, 2.24) is 4.57 Å². The lowest BCUT2D eigenvalue weighted by Gasteiger charge is -2.14. The van der Waals surface area contributed by atoms with E-state index in [4.69, 9.17) is 25.8 Å². The quantitative estimate of drug-likeness (QED) is 0.310. The van der Waals surface area contributed by atoms with Crippen molar-refractivity contribution in [3.63, 3.8) is 0 Å². The van der Waals surface area contributed by atoms with Crippen LogP contribution >= 0.6 is 11.6 Å². The van der Waals surface area contributed by atoms with Gasteiger partial charge >= 0.3 is 5.97 Å². The summed E-state index contributed by atoms with van der Waals surface area (Å²) in [5, 5.41) is 1.19. The van der Waals surface area contributed by atoms with Crippen molar-refractivity contribution in [3.05, 3.63) is 93.4 Å². The van der Waals surface area contributed by atoms with Gasteiger partial charge in [-0.2, -0.15) is 0 Å². The molecule has 3 aromatic carbocycles. The zero-order chi connectivity index (χ0) is 22.8. The number of ether oxygens (including phenoxy) is 3. The van der Waals surface area contributed by atoms with Gasteiger partial charge in [0.2, 0.25) is 0 Å². The predicted molar refractivity (Wildman–Crippen MR) is 124 cm³/mol. The molecular formula is C25H20ClNO5. The molecule has 0 bridgehead atoms. The second-order valence-corrected chi connectivity index (χ2v) is 7.53. The number of hydrogen-bond acceptors (Lipinski definition) is 5. The third kappa shape index (κ3) is 3.92. The fourth-order valence-corrected chi connectivity index (χ4v) is 3.62. The van der Waals surface area contributed by atoms with E-state index in [0.717, 1.165) is 5.56 Å². The number of methoxy groups -OCH3 is 2. The van der Waals surface area contributed by atoms with Crippen molar-refractivity contribution in [2.24, 2.45) is 0 Å². The zero-order valence-electron chi connectivity index (χ0n) is 17.7. The lowest BCUT2D eigenvalue weighted by molar-refractivity contribution is 0.0736. The number of carbonyl (C=O) groups is 1. The lowest BCUT2D eigenvalue weighted by atomic mass is 10.1. The maximum Gasteiger partial charge on any atom is 0.345 e. The normalized spacial score (nSPS) is 10.8. The van der Waals surface area contributed by atoms with E-state index in [1.54, 1.807) is 54.6 Å². The molecule has 7 heteroatoms. The van der Waals surface area contributed by atoms with E-state index in [1.807, 2.05) is 13.0 Å². The third-order valence-corrected chi connectivity index (χ3v) is 5.39. The summed E-state index contributed by atoms with van der Waals surface area (Å²) in [4.78, 5) is 26.4. The second-order valence-electron chi connectivity index (χ2n) is 7.13. The van der Waals surface area contributed by atoms with Crippen molar-refractivity contribution < 1.29 is 19.0 Å². The van der Waals surface area contributed by atoms with E-state index in [-0.39, 0.29) is 16.9 Å². The number of aryl methyl sites for hydroxylation is 1. The van der Waals surface area contributed by atoms with Gasteiger partial charge in [0.05, 0.1) is 30.5 Å². The number of halogens is 1.